The molecule has 0 saturated heterocycles. The zero-order valence-electron chi connectivity index (χ0n) is 40.2. The van der Waals surface area contributed by atoms with Gasteiger partial charge in [-0.15, -0.1) is 0 Å². The normalized spacial score (nSPS) is 10.8. The van der Waals surface area contributed by atoms with Crippen molar-refractivity contribution in [3.05, 3.63) is 121 Å². The van der Waals surface area contributed by atoms with Crippen LogP contribution in [0.1, 0.15) is 125 Å². The van der Waals surface area contributed by atoms with Crippen LogP contribution < -0.4 is 20.1 Å². The second-order valence-corrected chi connectivity index (χ2v) is 14.5. The number of benzene rings is 4. The van der Waals surface area contributed by atoms with Gasteiger partial charge in [-0.2, -0.15) is 0 Å². The van der Waals surface area contributed by atoms with Crippen molar-refractivity contribution < 1.29 is 49.4 Å². The van der Waals surface area contributed by atoms with Crippen LogP contribution in [0.2, 0.25) is 0 Å². The van der Waals surface area contributed by atoms with E-state index in [1.165, 1.54) is 27.1 Å². The van der Waals surface area contributed by atoms with E-state index in [2.05, 4.69) is 38.3 Å². The number of carbonyl (C=O) groups is 3. The highest BCUT2D eigenvalue weighted by atomic mass is 16.5. The number of carbonyl (C=O) groups excluding carboxylic acids is 1. The number of aliphatic hydroxyl groups is 1. The minimum Gasteiger partial charge on any atom is -0.504 e. The number of rotatable bonds is 19. The van der Waals surface area contributed by atoms with Crippen LogP contribution in [0.25, 0.3) is 0 Å². The molecule has 0 aliphatic rings. The lowest BCUT2D eigenvalue weighted by molar-refractivity contribution is -0.140. The molecule has 0 saturated carbocycles. The molecule has 360 valence electrons. The molecule has 0 aliphatic carbocycles. The number of ether oxygens (including phenoxy) is 2. The first-order valence-electron chi connectivity index (χ1n) is 22.5. The number of hydrogen-bond acceptors (Lipinski definition) is 9. The van der Waals surface area contributed by atoms with E-state index in [1.807, 2.05) is 92.7 Å². The highest BCUT2D eigenvalue weighted by Crippen LogP contribution is 2.26. The van der Waals surface area contributed by atoms with Crippen LogP contribution in [-0.4, -0.2) is 82.3 Å². The smallest absolute Gasteiger partial charge is 0.305 e. The first kappa shape index (κ1) is 62.7. The second-order valence-electron chi connectivity index (χ2n) is 14.5. The molecule has 0 heterocycles. The number of para-hydroxylation sites is 2. The fourth-order valence-corrected chi connectivity index (χ4v) is 5.05. The first-order valence-corrected chi connectivity index (χ1v) is 22.5. The third-order valence-corrected chi connectivity index (χ3v) is 8.38. The van der Waals surface area contributed by atoms with Crippen molar-refractivity contribution in [1.82, 2.24) is 10.6 Å². The van der Waals surface area contributed by atoms with Crippen LogP contribution in [0.3, 0.4) is 0 Å². The summed E-state index contributed by atoms with van der Waals surface area (Å²) in [6, 6.07) is 35.3. The van der Waals surface area contributed by atoms with Crippen LogP contribution in [0.4, 0.5) is 0 Å². The molecule has 4 rings (SSSR count). The average molecular weight is 895 g/mol. The third-order valence-electron chi connectivity index (χ3n) is 8.38. The number of phenolic OH excluding ortho intramolecular Hbond substituents is 2. The van der Waals surface area contributed by atoms with Gasteiger partial charge >= 0.3 is 5.97 Å². The Kier molecular flexibility index (Phi) is 44.5. The quantitative estimate of drug-likeness (QED) is 0.0443. The van der Waals surface area contributed by atoms with Crippen LogP contribution in [0, 0.1) is 0 Å². The number of methoxy groups -OCH3 is 2. The molecule has 12 nitrogen and oxygen atoms in total. The summed E-state index contributed by atoms with van der Waals surface area (Å²) >= 11 is 0. The average Bonchev–Trinajstić information content (AvgIpc) is 3.29. The van der Waals surface area contributed by atoms with Gasteiger partial charge in [0.1, 0.15) is 0 Å². The molecule has 0 spiro atoms. The van der Waals surface area contributed by atoms with Crippen molar-refractivity contribution in [3.63, 3.8) is 0 Å². The fourth-order valence-electron chi connectivity index (χ4n) is 5.05. The third kappa shape index (κ3) is 41.7. The van der Waals surface area contributed by atoms with Gasteiger partial charge in [-0.3, -0.25) is 14.4 Å². The molecule has 12 heteroatoms. The molecular formula is C52H82N2O10. The Morgan fingerprint density at radius 3 is 1.50 bits per heavy atom. The molecule has 3 unspecified atom stereocenters. The van der Waals surface area contributed by atoms with Crippen LogP contribution >= 0.6 is 0 Å². The molecule has 0 aliphatic heterocycles. The van der Waals surface area contributed by atoms with E-state index in [9.17, 15) is 14.7 Å². The molecular weight excluding hydrogens is 813 g/mol. The van der Waals surface area contributed by atoms with Gasteiger partial charge in [-0.25, -0.2) is 0 Å². The molecule has 64 heavy (non-hydrogen) atoms. The van der Waals surface area contributed by atoms with Crippen molar-refractivity contribution in [2.24, 2.45) is 0 Å². The molecule has 0 aromatic heterocycles. The van der Waals surface area contributed by atoms with Crippen molar-refractivity contribution in [2.75, 3.05) is 20.8 Å². The van der Waals surface area contributed by atoms with Gasteiger partial charge in [0.05, 0.1) is 32.8 Å². The van der Waals surface area contributed by atoms with Crippen molar-refractivity contribution in [3.8, 4) is 23.0 Å². The lowest BCUT2D eigenvalue weighted by Crippen LogP contribution is -2.48. The Labute approximate surface area is 385 Å². The molecule has 0 fully saturated rings. The summed E-state index contributed by atoms with van der Waals surface area (Å²) in [5.41, 5.74) is 0.948. The number of phenols is 2. The second kappa shape index (κ2) is 45.4. The van der Waals surface area contributed by atoms with E-state index < -0.39 is 18.0 Å². The maximum Gasteiger partial charge on any atom is 0.305 e. The van der Waals surface area contributed by atoms with Gasteiger partial charge in [0.2, 0.25) is 5.91 Å². The van der Waals surface area contributed by atoms with E-state index in [4.69, 9.17) is 34.7 Å². The van der Waals surface area contributed by atoms with Crippen molar-refractivity contribution in [2.45, 2.75) is 144 Å². The summed E-state index contributed by atoms with van der Waals surface area (Å²) in [4.78, 5) is 32.5. The highest BCUT2D eigenvalue weighted by molar-refractivity contribution is 5.86. The van der Waals surface area contributed by atoms with E-state index in [1.54, 1.807) is 36.4 Å². The summed E-state index contributed by atoms with van der Waals surface area (Å²) in [6.45, 7) is 14.1. The number of unbranched alkanes of at least 4 members (excludes halogenated alkanes) is 3. The number of aliphatic carboxylic acids is 2. The Hall–Kier alpha value is -5.59. The highest BCUT2D eigenvalue weighted by Gasteiger charge is 2.22. The van der Waals surface area contributed by atoms with Gasteiger partial charge in [0.15, 0.2) is 23.0 Å². The maximum atomic E-state index is 12.4. The predicted octanol–water partition coefficient (Wildman–Crippen LogP) is 11.1. The van der Waals surface area contributed by atoms with Crippen molar-refractivity contribution >= 4 is 17.8 Å². The minimum absolute atomic E-state index is 0.0272. The monoisotopic (exact) mass is 895 g/mol. The number of carboxylic acids is 2. The van der Waals surface area contributed by atoms with E-state index in [0.29, 0.717) is 30.9 Å². The molecule has 3 atom stereocenters. The Morgan fingerprint density at radius 1 is 0.641 bits per heavy atom. The summed E-state index contributed by atoms with van der Waals surface area (Å²) in [7, 11) is 3.02. The number of aliphatic hydroxyl groups excluding tert-OH is 1. The maximum absolute atomic E-state index is 12.4. The SMILES string of the molecule is CC(=O)O.CCC.CCCCC(O)CC.CCCCCC(C)NC(=O)C(CC(=O)O)NCCCc1ccc(OC)c(O)c1.COc1ccccc1O.c1ccccc1.c1ccccc1. The molecule has 0 radical (unpaired) electrons. The van der Waals surface area contributed by atoms with Crippen LogP contribution in [0.15, 0.2) is 115 Å². The fraction of sp³-hybridized carbons (Fsp3) is 0.481. The number of aryl methyl sites for hydroxylation is 1. The number of carboxylic acid groups (broad SMARTS) is 2. The zero-order chi connectivity index (χ0) is 48.8. The van der Waals surface area contributed by atoms with E-state index in [-0.39, 0.29) is 36.0 Å². The molecule has 7 N–H and O–H groups in total. The predicted molar refractivity (Wildman–Crippen MR) is 261 cm³/mol. The number of amides is 1. The van der Waals surface area contributed by atoms with Gasteiger partial charge in [0.25, 0.3) is 5.97 Å². The minimum atomic E-state index is -1.01. The number of aromatic hydroxyl groups is 2. The van der Waals surface area contributed by atoms with E-state index >= 15 is 0 Å². The molecule has 1 amide bonds. The zero-order valence-corrected chi connectivity index (χ0v) is 40.2. The number of hydrogen-bond donors (Lipinski definition) is 7. The summed E-state index contributed by atoms with van der Waals surface area (Å²) < 4.78 is 9.82. The van der Waals surface area contributed by atoms with Gasteiger partial charge < -0.3 is 45.6 Å². The largest absolute Gasteiger partial charge is 0.504 e. The van der Waals surface area contributed by atoms with Crippen LogP contribution in [0.5, 0.6) is 23.0 Å². The summed E-state index contributed by atoms with van der Waals surface area (Å²) in [6.07, 6.45) is 10.8. The van der Waals surface area contributed by atoms with Crippen LogP contribution in [-0.2, 0) is 20.8 Å². The van der Waals surface area contributed by atoms with Gasteiger partial charge in [-0.05, 0) is 75.4 Å². The topological polar surface area (TPSA) is 195 Å². The number of nitrogens with one attached hydrogen (secondary N) is 2. The van der Waals surface area contributed by atoms with Gasteiger partial charge in [-0.1, -0.05) is 164 Å². The standard InChI is InChI=1S/C21H34N2O5.C7H8O2.C7H16O.2C6H6.C3H8.C2H4O2/c1-4-5-6-8-15(2)23-21(27)17(14-20(25)26)22-12-7-9-16-10-11-19(28-3)18(24)13-16;1-9-7-5-3-2-4-6(7)8;1-3-5-6-7(8)4-2;2*1-2-4-6-5-3-1;1-3-2;1-2(3)4/h10-11,13,15,17,22,24H,4-9,12,14H2,1-3H3,(H,23,27)(H,25,26);2-5,8H,1H3;7-8H,3-6H2,1-2H3;2*1-6H;3H2,1-2H3;1H3,(H,3,4). The Bertz CT molecular complexity index is 1560. The lowest BCUT2D eigenvalue weighted by Gasteiger charge is -2.20. The Morgan fingerprint density at radius 2 is 1.11 bits per heavy atom. The lowest BCUT2D eigenvalue weighted by atomic mass is 10.1. The Balaban J connectivity index is -0.000000827. The van der Waals surface area contributed by atoms with Gasteiger partial charge in [0, 0.05) is 13.0 Å². The first-order chi connectivity index (χ1) is 30.7. The summed E-state index contributed by atoms with van der Waals surface area (Å²) in [5.74, 6) is -0.904. The molecule has 4 aromatic carbocycles. The molecule has 4 aromatic rings. The van der Waals surface area contributed by atoms with E-state index in [0.717, 1.165) is 57.4 Å². The summed E-state index contributed by atoms with van der Waals surface area (Å²) in [5, 5.41) is 50.3. The van der Waals surface area contributed by atoms with Crippen molar-refractivity contribution in [1.29, 1.82) is 0 Å². The molecule has 0 bridgehead atoms.